The number of amides is 2. The highest BCUT2D eigenvalue weighted by molar-refractivity contribution is 5.76. The minimum Gasteiger partial charge on any atom is -0.481 e. The van der Waals surface area contributed by atoms with Gasteiger partial charge in [-0.2, -0.15) is 5.10 Å². The third-order valence-corrected chi connectivity index (χ3v) is 3.06. The van der Waals surface area contributed by atoms with Crippen molar-refractivity contribution < 1.29 is 19.4 Å². The normalized spacial score (nSPS) is 18.9. The SMILES string of the molecule is CN(Cc1ncn[nH]1)C(=O)N1CCOCC1CC(=O)O. The average Bonchev–Trinajstić information content (AvgIpc) is 2.90. The summed E-state index contributed by atoms with van der Waals surface area (Å²) in [6.45, 7) is 1.33. The highest BCUT2D eigenvalue weighted by atomic mass is 16.5. The molecule has 1 aromatic heterocycles. The van der Waals surface area contributed by atoms with Gasteiger partial charge in [0.05, 0.1) is 32.2 Å². The largest absolute Gasteiger partial charge is 0.481 e. The Kier molecular flexibility index (Phi) is 4.51. The lowest BCUT2D eigenvalue weighted by Gasteiger charge is -2.37. The highest BCUT2D eigenvalue weighted by Gasteiger charge is 2.31. The van der Waals surface area contributed by atoms with Crippen molar-refractivity contribution in [2.75, 3.05) is 26.8 Å². The van der Waals surface area contributed by atoms with E-state index in [1.54, 1.807) is 7.05 Å². The van der Waals surface area contributed by atoms with Crippen molar-refractivity contribution in [1.29, 1.82) is 0 Å². The van der Waals surface area contributed by atoms with Crippen LogP contribution in [0.2, 0.25) is 0 Å². The Labute approximate surface area is 115 Å². The fraction of sp³-hybridized carbons (Fsp3) is 0.636. The Morgan fingerprint density at radius 2 is 2.45 bits per heavy atom. The Morgan fingerprint density at radius 1 is 1.65 bits per heavy atom. The maximum Gasteiger partial charge on any atom is 0.320 e. The molecule has 1 saturated heterocycles. The van der Waals surface area contributed by atoms with Gasteiger partial charge >= 0.3 is 12.0 Å². The van der Waals surface area contributed by atoms with Crippen molar-refractivity contribution >= 4 is 12.0 Å². The molecule has 2 heterocycles. The molecule has 1 atom stereocenters. The van der Waals surface area contributed by atoms with Gasteiger partial charge in [-0.1, -0.05) is 0 Å². The third kappa shape index (κ3) is 3.44. The number of morpholine rings is 1. The van der Waals surface area contributed by atoms with Gasteiger partial charge in [-0.3, -0.25) is 9.89 Å². The van der Waals surface area contributed by atoms with Crippen LogP contribution in [0.5, 0.6) is 0 Å². The maximum atomic E-state index is 12.4. The van der Waals surface area contributed by atoms with E-state index in [1.807, 2.05) is 0 Å². The molecule has 2 rings (SSSR count). The topological polar surface area (TPSA) is 112 Å². The van der Waals surface area contributed by atoms with Gasteiger partial charge in [0.15, 0.2) is 0 Å². The number of hydrogen-bond donors (Lipinski definition) is 2. The lowest BCUT2D eigenvalue weighted by molar-refractivity contribution is -0.139. The van der Waals surface area contributed by atoms with Crippen LogP contribution in [0.15, 0.2) is 6.33 Å². The van der Waals surface area contributed by atoms with E-state index in [1.165, 1.54) is 16.1 Å². The molecule has 110 valence electrons. The van der Waals surface area contributed by atoms with Crippen molar-refractivity contribution in [3.05, 3.63) is 12.2 Å². The summed E-state index contributed by atoms with van der Waals surface area (Å²) in [6, 6.07) is -0.679. The van der Waals surface area contributed by atoms with Gasteiger partial charge < -0.3 is 19.6 Å². The Hall–Kier alpha value is -2.16. The molecule has 0 bridgehead atoms. The van der Waals surface area contributed by atoms with E-state index in [2.05, 4.69) is 15.2 Å². The molecule has 1 unspecified atom stereocenters. The molecule has 1 aliphatic rings. The standard InChI is InChI=1S/C11H17N5O4/c1-15(5-9-12-7-13-14-9)11(19)16-2-3-20-6-8(16)4-10(17)18/h7-8H,2-6H2,1H3,(H,17,18)(H,12,13,14). The number of aromatic amines is 1. The molecular weight excluding hydrogens is 266 g/mol. The summed E-state index contributed by atoms with van der Waals surface area (Å²) in [5.41, 5.74) is 0. The van der Waals surface area contributed by atoms with Crippen LogP contribution < -0.4 is 0 Å². The molecule has 0 spiro atoms. The van der Waals surface area contributed by atoms with Gasteiger partial charge in [-0.25, -0.2) is 9.78 Å². The Bertz CT molecular complexity index is 463. The van der Waals surface area contributed by atoms with Crippen LogP contribution in [-0.2, 0) is 16.1 Å². The number of urea groups is 1. The van der Waals surface area contributed by atoms with Crippen molar-refractivity contribution in [3.8, 4) is 0 Å². The predicted molar refractivity (Wildman–Crippen MR) is 66.8 cm³/mol. The molecule has 0 aromatic carbocycles. The van der Waals surface area contributed by atoms with Crippen molar-refractivity contribution in [1.82, 2.24) is 25.0 Å². The van der Waals surface area contributed by atoms with E-state index in [4.69, 9.17) is 9.84 Å². The first-order valence-corrected chi connectivity index (χ1v) is 6.23. The monoisotopic (exact) mass is 283 g/mol. The van der Waals surface area contributed by atoms with Gasteiger partial charge in [0, 0.05) is 13.6 Å². The van der Waals surface area contributed by atoms with E-state index in [9.17, 15) is 9.59 Å². The average molecular weight is 283 g/mol. The van der Waals surface area contributed by atoms with Crippen molar-refractivity contribution in [2.45, 2.75) is 19.0 Å². The predicted octanol–water partition coefficient (Wildman–Crippen LogP) is -0.468. The number of nitrogens with one attached hydrogen (secondary N) is 1. The molecule has 0 radical (unpaired) electrons. The molecule has 0 saturated carbocycles. The van der Waals surface area contributed by atoms with E-state index >= 15 is 0 Å². The first-order valence-electron chi connectivity index (χ1n) is 6.23. The van der Waals surface area contributed by atoms with E-state index in [-0.39, 0.29) is 25.6 Å². The van der Waals surface area contributed by atoms with Crippen molar-refractivity contribution in [2.24, 2.45) is 0 Å². The van der Waals surface area contributed by atoms with Crippen LogP contribution in [0.4, 0.5) is 4.79 Å². The van der Waals surface area contributed by atoms with Crippen LogP contribution >= 0.6 is 0 Å². The molecule has 2 N–H and O–H groups in total. The molecule has 9 nitrogen and oxygen atoms in total. The number of ether oxygens (including phenoxy) is 1. The van der Waals surface area contributed by atoms with Gasteiger partial charge in [-0.05, 0) is 0 Å². The van der Waals surface area contributed by atoms with E-state index in [0.717, 1.165) is 0 Å². The van der Waals surface area contributed by atoms with E-state index in [0.29, 0.717) is 19.0 Å². The molecular formula is C11H17N5O4. The molecule has 0 aliphatic carbocycles. The summed E-state index contributed by atoms with van der Waals surface area (Å²) in [7, 11) is 1.64. The maximum absolute atomic E-state index is 12.4. The molecule has 1 aromatic rings. The second kappa shape index (κ2) is 6.33. The number of aliphatic carboxylic acids is 1. The number of carbonyl (C=O) groups excluding carboxylic acids is 1. The second-order valence-corrected chi connectivity index (χ2v) is 4.59. The lowest BCUT2D eigenvalue weighted by atomic mass is 10.1. The Balaban J connectivity index is 1.99. The van der Waals surface area contributed by atoms with Crippen LogP contribution in [0, 0.1) is 0 Å². The molecule has 9 heteroatoms. The summed E-state index contributed by atoms with van der Waals surface area (Å²) in [6.07, 6.45) is 1.25. The first kappa shape index (κ1) is 14.3. The first-order chi connectivity index (χ1) is 9.58. The van der Waals surface area contributed by atoms with Gasteiger partial charge in [0.1, 0.15) is 12.2 Å². The third-order valence-electron chi connectivity index (χ3n) is 3.06. The number of rotatable bonds is 4. The summed E-state index contributed by atoms with van der Waals surface area (Å²) in [4.78, 5) is 30.2. The van der Waals surface area contributed by atoms with Crippen LogP contribution in [0.3, 0.4) is 0 Å². The quantitative estimate of drug-likeness (QED) is 0.772. The summed E-state index contributed by atoms with van der Waals surface area (Å²) in [5.74, 6) is -0.375. The van der Waals surface area contributed by atoms with E-state index < -0.39 is 12.0 Å². The fourth-order valence-corrected chi connectivity index (χ4v) is 2.10. The second-order valence-electron chi connectivity index (χ2n) is 4.59. The minimum absolute atomic E-state index is 0.123. The molecule has 1 fully saturated rings. The van der Waals surface area contributed by atoms with Crippen LogP contribution in [-0.4, -0.2) is 74.9 Å². The number of nitrogens with zero attached hydrogens (tertiary/aromatic N) is 4. The zero-order valence-corrected chi connectivity index (χ0v) is 11.2. The van der Waals surface area contributed by atoms with Crippen LogP contribution in [0.1, 0.15) is 12.2 Å². The molecule has 2 amide bonds. The number of hydrogen-bond acceptors (Lipinski definition) is 5. The van der Waals surface area contributed by atoms with Gasteiger partial charge in [0.25, 0.3) is 0 Å². The number of H-pyrrole nitrogens is 1. The minimum atomic E-state index is -0.948. The van der Waals surface area contributed by atoms with Crippen LogP contribution in [0.25, 0.3) is 0 Å². The highest BCUT2D eigenvalue weighted by Crippen LogP contribution is 2.13. The lowest BCUT2D eigenvalue weighted by Crippen LogP contribution is -2.53. The number of carbonyl (C=O) groups is 2. The van der Waals surface area contributed by atoms with Gasteiger partial charge in [0.2, 0.25) is 0 Å². The molecule has 1 aliphatic heterocycles. The zero-order chi connectivity index (χ0) is 14.5. The number of aromatic nitrogens is 3. The van der Waals surface area contributed by atoms with Crippen molar-refractivity contribution in [3.63, 3.8) is 0 Å². The molecule has 20 heavy (non-hydrogen) atoms. The summed E-state index contributed by atoms with van der Waals surface area (Å²) < 4.78 is 5.24. The number of carboxylic acids is 1. The summed E-state index contributed by atoms with van der Waals surface area (Å²) in [5, 5.41) is 15.3. The van der Waals surface area contributed by atoms with Gasteiger partial charge in [-0.15, -0.1) is 0 Å². The zero-order valence-electron chi connectivity index (χ0n) is 11.2. The fourth-order valence-electron chi connectivity index (χ4n) is 2.10. The Morgan fingerprint density at radius 3 is 3.10 bits per heavy atom. The summed E-state index contributed by atoms with van der Waals surface area (Å²) >= 11 is 0. The number of carboxylic acid groups (broad SMARTS) is 1. The smallest absolute Gasteiger partial charge is 0.320 e.